The normalized spacial score (nSPS) is 14.3. The second-order valence-electron chi connectivity index (χ2n) is 22.1. The highest BCUT2D eigenvalue weighted by atomic mass is 15.3. The van der Waals surface area contributed by atoms with Crippen LogP contribution in [0.15, 0.2) is 194 Å². The number of fused-ring (bicyclic) bond motifs is 8. The zero-order valence-corrected chi connectivity index (χ0v) is 44.9. The molecule has 0 unspecified atom stereocenters. The Labute approximate surface area is 452 Å². The number of imidazole rings is 4. The number of aromatic nitrogens is 8. The van der Waals surface area contributed by atoms with Crippen LogP contribution >= 0.6 is 0 Å². The van der Waals surface area contributed by atoms with E-state index in [-0.39, 0.29) is 10.8 Å². The minimum absolute atomic E-state index is 0.371. The summed E-state index contributed by atoms with van der Waals surface area (Å²) in [5.41, 5.74) is 21.4. The Bertz CT molecular complexity index is 4260. The number of nitrogens with zero attached hydrogens (tertiary/aromatic N) is 10. The topological polar surface area (TPSA) is 77.8 Å². The Kier molecular flexibility index (Phi) is 9.68. The highest BCUT2D eigenvalue weighted by Crippen LogP contribution is 2.65. The fourth-order valence-corrected chi connectivity index (χ4v) is 13.3. The van der Waals surface area contributed by atoms with Crippen molar-refractivity contribution in [2.75, 3.05) is 9.80 Å². The quantitative estimate of drug-likeness (QED) is 0.165. The number of aryl methyl sites for hydroxylation is 4. The average molecular weight is 1010 g/mol. The second-order valence-corrected chi connectivity index (χ2v) is 22.1. The van der Waals surface area contributed by atoms with E-state index < -0.39 is 0 Å². The van der Waals surface area contributed by atoms with E-state index in [0.717, 1.165) is 124 Å². The molecule has 0 bridgehead atoms. The summed E-state index contributed by atoms with van der Waals surface area (Å²) in [6.07, 6.45) is 0. The fourth-order valence-electron chi connectivity index (χ4n) is 13.3. The first kappa shape index (κ1) is 45.8. The van der Waals surface area contributed by atoms with E-state index in [4.69, 9.17) is 19.9 Å². The molecule has 9 aromatic carbocycles. The van der Waals surface area contributed by atoms with Crippen molar-refractivity contribution >= 4 is 78.3 Å². The average Bonchev–Trinajstić information content (AvgIpc) is 4.16. The SMILES string of the molecule is Cn1c(-c2c(-c3nc4ccccc4n3C)c(-c3nc4ccccc4n3C)c(N3c4ccccc4C(C)(C)c4ccccc43)c(N3c4ccccc4C(C)(C)c4ccccc43)c2-c2nc3ccccc3n2C)nc2ccccc21. The summed E-state index contributed by atoms with van der Waals surface area (Å²) in [4.78, 5) is 28.3. The lowest BCUT2D eigenvalue weighted by atomic mass is 9.72. The highest BCUT2D eigenvalue weighted by Gasteiger charge is 2.46. The molecule has 15 rings (SSSR count). The van der Waals surface area contributed by atoms with Gasteiger partial charge in [0, 0.05) is 50.1 Å². The van der Waals surface area contributed by atoms with Gasteiger partial charge in [-0.05, 0) is 95.1 Å². The van der Waals surface area contributed by atoms with Crippen LogP contribution in [0.4, 0.5) is 34.1 Å². The predicted octanol–water partition coefficient (Wildman–Crippen LogP) is 16.1. The molecule has 0 saturated heterocycles. The van der Waals surface area contributed by atoms with Gasteiger partial charge in [-0.25, -0.2) is 19.9 Å². The van der Waals surface area contributed by atoms with E-state index in [1.165, 1.54) is 22.3 Å². The van der Waals surface area contributed by atoms with Crippen LogP contribution in [0.1, 0.15) is 49.9 Å². The number of benzene rings is 9. The van der Waals surface area contributed by atoms with E-state index in [1.54, 1.807) is 0 Å². The zero-order chi connectivity index (χ0) is 52.9. The molecular weight excluding hydrogens is 957 g/mol. The van der Waals surface area contributed by atoms with Gasteiger partial charge in [0.15, 0.2) is 0 Å². The third-order valence-corrected chi connectivity index (χ3v) is 17.2. The van der Waals surface area contributed by atoms with Crippen molar-refractivity contribution in [1.29, 1.82) is 0 Å². The minimum atomic E-state index is -0.371. The molecule has 0 amide bonds. The van der Waals surface area contributed by atoms with E-state index >= 15 is 0 Å². The first-order valence-electron chi connectivity index (χ1n) is 26.8. The van der Waals surface area contributed by atoms with Crippen molar-refractivity contribution < 1.29 is 0 Å². The van der Waals surface area contributed by atoms with Gasteiger partial charge in [-0.2, -0.15) is 0 Å². The first-order chi connectivity index (χ1) is 37.9. The third-order valence-electron chi connectivity index (χ3n) is 17.2. The Balaban J connectivity index is 1.30. The van der Waals surface area contributed by atoms with Crippen molar-refractivity contribution in [3.8, 4) is 45.6 Å². The lowest BCUT2D eigenvalue weighted by Gasteiger charge is -2.47. The van der Waals surface area contributed by atoms with Gasteiger partial charge in [-0.1, -0.05) is 149 Å². The maximum absolute atomic E-state index is 5.83. The van der Waals surface area contributed by atoms with Crippen LogP contribution in [0.25, 0.3) is 89.7 Å². The minimum Gasteiger partial charge on any atom is -0.327 e. The van der Waals surface area contributed by atoms with Crippen LogP contribution in [0.2, 0.25) is 0 Å². The van der Waals surface area contributed by atoms with Gasteiger partial charge < -0.3 is 28.1 Å². The molecule has 0 aliphatic carbocycles. The van der Waals surface area contributed by atoms with Crippen LogP contribution in [-0.2, 0) is 39.0 Å². The van der Waals surface area contributed by atoms with Crippen LogP contribution in [-0.4, -0.2) is 38.2 Å². The van der Waals surface area contributed by atoms with Gasteiger partial charge in [-0.3, -0.25) is 0 Å². The van der Waals surface area contributed by atoms with E-state index in [9.17, 15) is 0 Å². The lowest BCUT2D eigenvalue weighted by molar-refractivity contribution is 0.630. The second kappa shape index (κ2) is 16.5. The number of rotatable bonds is 6. The van der Waals surface area contributed by atoms with Gasteiger partial charge in [-0.15, -0.1) is 0 Å². The molecule has 0 atom stereocenters. The Morgan fingerprint density at radius 1 is 0.269 bits per heavy atom. The summed E-state index contributed by atoms with van der Waals surface area (Å²) in [6.45, 7) is 9.44. The number of para-hydroxylation sites is 12. The molecule has 2 aliphatic heterocycles. The Hall–Kier alpha value is -9.54. The predicted molar refractivity (Wildman–Crippen MR) is 319 cm³/mol. The van der Waals surface area contributed by atoms with Crippen LogP contribution < -0.4 is 9.80 Å². The molecule has 0 radical (unpaired) electrons. The smallest absolute Gasteiger partial charge is 0.143 e. The molecular formula is C68H56N10. The summed E-state index contributed by atoms with van der Waals surface area (Å²) in [5, 5.41) is 0. The molecule has 0 N–H and O–H groups in total. The highest BCUT2D eigenvalue weighted by molar-refractivity contribution is 6.17. The van der Waals surface area contributed by atoms with Gasteiger partial charge in [0.1, 0.15) is 23.3 Å². The molecule has 0 fully saturated rings. The fraction of sp³-hybridized carbons (Fsp3) is 0.147. The van der Waals surface area contributed by atoms with Gasteiger partial charge in [0.25, 0.3) is 0 Å². The molecule has 13 aromatic rings. The number of hydrogen-bond donors (Lipinski definition) is 0. The summed E-state index contributed by atoms with van der Waals surface area (Å²) in [6, 6.07) is 69.9. The zero-order valence-electron chi connectivity index (χ0n) is 44.9. The molecule has 10 nitrogen and oxygen atoms in total. The summed E-state index contributed by atoms with van der Waals surface area (Å²) in [7, 11) is 8.63. The van der Waals surface area contributed by atoms with Gasteiger partial charge >= 0.3 is 0 Å². The number of hydrogen-bond acceptors (Lipinski definition) is 6. The van der Waals surface area contributed by atoms with Crippen molar-refractivity contribution in [2.45, 2.75) is 38.5 Å². The van der Waals surface area contributed by atoms with Crippen molar-refractivity contribution in [1.82, 2.24) is 38.2 Å². The molecule has 4 aromatic heterocycles. The van der Waals surface area contributed by atoms with Crippen LogP contribution in [0, 0.1) is 0 Å². The Morgan fingerprint density at radius 3 is 0.744 bits per heavy atom. The summed E-state index contributed by atoms with van der Waals surface area (Å²) in [5.74, 6) is 3.11. The largest absolute Gasteiger partial charge is 0.327 e. The van der Waals surface area contributed by atoms with Crippen LogP contribution in [0.5, 0.6) is 0 Å². The van der Waals surface area contributed by atoms with Crippen molar-refractivity contribution in [2.24, 2.45) is 28.2 Å². The molecule has 6 heterocycles. The lowest BCUT2D eigenvalue weighted by Crippen LogP contribution is -2.34. The molecule has 378 valence electrons. The summed E-state index contributed by atoms with van der Waals surface area (Å²) < 4.78 is 9.09. The van der Waals surface area contributed by atoms with Crippen molar-refractivity contribution in [3.63, 3.8) is 0 Å². The van der Waals surface area contributed by atoms with E-state index in [2.05, 4.69) is 278 Å². The van der Waals surface area contributed by atoms with Crippen LogP contribution in [0.3, 0.4) is 0 Å². The van der Waals surface area contributed by atoms with E-state index in [0.29, 0.717) is 0 Å². The standard InChI is InChI=1S/C68H56N10/c1-67(2)41-25-9-17-33-49(41)77(50-34-18-10-26-42(50)67)61-59(65-71-47-31-15-23-39-55(47)75(65)7)57(63-69-45-29-13-21-37-53(45)73(63)5)58(64-70-46-30-14-22-38-54(46)74(64)6)60(66-72-48-32-16-24-40-56(48)76(66)8)62(61)78-51-35-19-11-27-43(51)68(3,4)44-28-12-20-36-52(44)78/h9-40H,1-8H3. The maximum atomic E-state index is 5.83. The van der Waals surface area contributed by atoms with E-state index in [1.807, 2.05) is 0 Å². The molecule has 0 spiro atoms. The third kappa shape index (κ3) is 6.19. The number of anilines is 6. The van der Waals surface area contributed by atoms with Crippen molar-refractivity contribution in [3.05, 3.63) is 216 Å². The Morgan fingerprint density at radius 2 is 0.487 bits per heavy atom. The first-order valence-corrected chi connectivity index (χ1v) is 26.8. The summed E-state index contributed by atoms with van der Waals surface area (Å²) >= 11 is 0. The molecule has 2 aliphatic rings. The maximum Gasteiger partial charge on any atom is 0.143 e. The molecule has 78 heavy (non-hydrogen) atoms. The monoisotopic (exact) mass is 1010 g/mol. The molecule has 10 heteroatoms. The van der Waals surface area contributed by atoms with Gasteiger partial charge in [0.2, 0.25) is 0 Å². The van der Waals surface area contributed by atoms with Gasteiger partial charge in [0.05, 0.1) is 89.4 Å². The molecule has 0 saturated carbocycles.